The molecule has 1 atom stereocenters. The number of rotatable bonds is 7. The molecule has 110 valence electrons. The van der Waals surface area contributed by atoms with Crippen molar-refractivity contribution in [3.63, 3.8) is 0 Å². The first-order valence-electron chi connectivity index (χ1n) is 7.16. The maximum absolute atomic E-state index is 11.6. The largest absolute Gasteiger partial charge is 0.465 e. The van der Waals surface area contributed by atoms with E-state index in [-0.39, 0.29) is 5.78 Å². The molecule has 1 fully saturated rings. The van der Waals surface area contributed by atoms with Crippen LogP contribution in [0.2, 0.25) is 0 Å². The summed E-state index contributed by atoms with van der Waals surface area (Å²) >= 11 is 1.41. The van der Waals surface area contributed by atoms with Gasteiger partial charge in [0.2, 0.25) is 0 Å². The summed E-state index contributed by atoms with van der Waals surface area (Å²) in [5.41, 5.74) is 0. The van der Waals surface area contributed by atoms with Crippen LogP contribution in [0.15, 0.2) is 0 Å². The Hall–Kier alpha value is -0.550. The molecular weight excluding hydrogens is 262 g/mol. The fraction of sp³-hybridized carbons (Fsp3) is 0.857. The molecule has 1 heterocycles. The second-order valence-corrected chi connectivity index (χ2v) is 6.08. The van der Waals surface area contributed by atoms with Gasteiger partial charge in [0, 0.05) is 12.3 Å². The van der Waals surface area contributed by atoms with Crippen LogP contribution in [0, 0.1) is 0 Å². The molecule has 1 aliphatic heterocycles. The van der Waals surface area contributed by atoms with Crippen molar-refractivity contribution in [2.45, 2.75) is 44.8 Å². The second kappa shape index (κ2) is 9.37. The molecule has 0 amide bonds. The molecule has 0 N–H and O–H groups in total. The predicted molar refractivity (Wildman–Crippen MR) is 78.5 cm³/mol. The molecule has 19 heavy (non-hydrogen) atoms. The van der Waals surface area contributed by atoms with Crippen molar-refractivity contribution < 1.29 is 14.3 Å². The number of nitrogens with zero attached hydrogens (tertiary/aromatic N) is 1. The van der Waals surface area contributed by atoms with Gasteiger partial charge in [0.05, 0.1) is 6.61 Å². The Morgan fingerprint density at radius 1 is 1.21 bits per heavy atom. The normalized spacial score (nSPS) is 18.6. The smallest absolute Gasteiger partial charge is 0.326 e. The van der Waals surface area contributed by atoms with Crippen LogP contribution in [0.1, 0.15) is 39.5 Å². The number of esters is 1. The van der Waals surface area contributed by atoms with Gasteiger partial charge in [-0.2, -0.15) is 0 Å². The highest BCUT2D eigenvalue weighted by molar-refractivity contribution is 8.01. The average Bonchev–Trinajstić information content (AvgIpc) is 2.63. The Balaban J connectivity index is 2.31. The van der Waals surface area contributed by atoms with E-state index in [1.807, 2.05) is 0 Å². The molecule has 0 saturated carbocycles. The van der Waals surface area contributed by atoms with Crippen molar-refractivity contribution in [2.75, 3.05) is 32.0 Å². The Kier molecular flexibility index (Phi) is 8.14. The lowest BCUT2D eigenvalue weighted by molar-refractivity contribution is -0.144. The van der Waals surface area contributed by atoms with Crippen LogP contribution in [-0.2, 0) is 14.3 Å². The fourth-order valence-electron chi connectivity index (χ4n) is 2.23. The van der Waals surface area contributed by atoms with E-state index < -0.39 is 11.2 Å². The maximum Gasteiger partial charge on any atom is 0.326 e. The van der Waals surface area contributed by atoms with Gasteiger partial charge in [-0.05, 0) is 39.8 Å². The van der Waals surface area contributed by atoms with Crippen LogP contribution in [0.3, 0.4) is 0 Å². The summed E-state index contributed by atoms with van der Waals surface area (Å²) in [7, 11) is 0. The Morgan fingerprint density at radius 3 is 2.37 bits per heavy atom. The highest BCUT2D eigenvalue weighted by Crippen LogP contribution is 2.16. The molecule has 0 aromatic heterocycles. The van der Waals surface area contributed by atoms with Gasteiger partial charge in [0.1, 0.15) is 0 Å². The van der Waals surface area contributed by atoms with E-state index in [0.717, 1.165) is 25.4 Å². The average molecular weight is 287 g/mol. The first-order chi connectivity index (χ1) is 9.15. The minimum absolute atomic E-state index is 0.112. The summed E-state index contributed by atoms with van der Waals surface area (Å²) in [6.07, 6.45) is 5.17. The van der Waals surface area contributed by atoms with Gasteiger partial charge in [-0.25, -0.2) is 0 Å². The van der Waals surface area contributed by atoms with E-state index in [9.17, 15) is 9.59 Å². The van der Waals surface area contributed by atoms with Crippen molar-refractivity contribution in [3.05, 3.63) is 0 Å². The Morgan fingerprint density at radius 2 is 1.84 bits per heavy atom. The summed E-state index contributed by atoms with van der Waals surface area (Å²) in [5.74, 6) is 0.304. The molecule has 0 radical (unpaired) electrons. The van der Waals surface area contributed by atoms with Gasteiger partial charge in [0.25, 0.3) is 0 Å². The highest BCUT2D eigenvalue weighted by Gasteiger charge is 2.25. The van der Waals surface area contributed by atoms with Crippen LogP contribution in [0.4, 0.5) is 0 Å². The van der Waals surface area contributed by atoms with Crippen LogP contribution < -0.4 is 0 Å². The van der Waals surface area contributed by atoms with Gasteiger partial charge >= 0.3 is 5.97 Å². The molecule has 0 aliphatic carbocycles. The molecule has 0 aromatic rings. The zero-order chi connectivity index (χ0) is 14.1. The minimum atomic E-state index is -0.646. The third-order valence-corrected chi connectivity index (χ3v) is 4.54. The standard InChI is InChI=1S/C14H25NO3S/c1-3-18-14(17)13(12(2)16)19-11-10-15-8-6-4-5-7-9-15/h13H,3-11H2,1-2H3. The molecular formula is C14H25NO3S. The minimum Gasteiger partial charge on any atom is -0.465 e. The van der Waals surface area contributed by atoms with E-state index in [4.69, 9.17) is 4.74 Å². The number of ketones is 1. The first kappa shape index (κ1) is 16.5. The SMILES string of the molecule is CCOC(=O)C(SCCN1CCCCCC1)C(C)=O. The van der Waals surface area contributed by atoms with E-state index in [1.165, 1.54) is 44.4 Å². The number of carbonyl (C=O) groups excluding carboxylic acids is 2. The fourth-order valence-corrected chi connectivity index (χ4v) is 3.27. The Labute approximate surface area is 120 Å². The Bertz CT molecular complexity index is 288. The molecule has 0 spiro atoms. The molecule has 5 heteroatoms. The van der Waals surface area contributed by atoms with Crippen LogP contribution in [0.5, 0.6) is 0 Å². The zero-order valence-electron chi connectivity index (χ0n) is 12.0. The third-order valence-electron chi connectivity index (χ3n) is 3.26. The number of thioether (sulfide) groups is 1. The molecule has 1 saturated heterocycles. The summed E-state index contributed by atoms with van der Waals surface area (Å²) < 4.78 is 4.93. The summed E-state index contributed by atoms with van der Waals surface area (Å²) in [6.45, 7) is 6.79. The lowest BCUT2D eigenvalue weighted by Gasteiger charge is -2.20. The van der Waals surface area contributed by atoms with Crippen LogP contribution in [0.25, 0.3) is 0 Å². The topological polar surface area (TPSA) is 46.6 Å². The first-order valence-corrected chi connectivity index (χ1v) is 8.21. The van der Waals surface area contributed by atoms with Gasteiger partial charge in [-0.15, -0.1) is 11.8 Å². The van der Waals surface area contributed by atoms with Gasteiger partial charge in [-0.3, -0.25) is 9.59 Å². The van der Waals surface area contributed by atoms with Gasteiger partial charge < -0.3 is 9.64 Å². The van der Waals surface area contributed by atoms with E-state index >= 15 is 0 Å². The summed E-state index contributed by atoms with van der Waals surface area (Å²) in [4.78, 5) is 25.5. The number of hydrogen-bond acceptors (Lipinski definition) is 5. The third kappa shape index (κ3) is 6.43. The van der Waals surface area contributed by atoms with Crippen molar-refractivity contribution in [1.29, 1.82) is 0 Å². The number of likely N-dealkylation sites (tertiary alicyclic amines) is 1. The second-order valence-electron chi connectivity index (χ2n) is 4.87. The lowest BCUT2D eigenvalue weighted by Crippen LogP contribution is -2.31. The molecule has 4 nitrogen and oxygen atoms in total. The van der Waals surface area contributed by atoms with E-state index in [0.29, 0.717) is 6.61 Å². The molecule has 0 aromatic carbocycles. The van der Waals surface area contributed by atoms with Crippen molar-refractivity contribution in [2.24, 2.45) is 0 Å². The number of Topliss-reactive ketones (excluding diaryl/α,β-unsaturated/α-hetero) is 1. The quantitative estimate of drug-likeness (QED) is 0.530. The molecule has 1 rings (SSSR count). The predicted octanol–water partition coefficient (Wildman–Crippen LogP) is 2.12. The van der Waals surface area contributed by atoms with E-state index in [1.54, 1.807) is 6.92 Å². The van der Waals surface area contributed by atoms with Crippen LogP contribution in [-0.4, -0.2) is 53.9 Å². The molecule has 1 unspecified atom stereocenters. The monoisotopic (exact) mass is 287 g/mol. The highest BCUT2D eigenvalue weighted by atomic mass is 32.2. The number of ether oxygens (including phenoxy) is 1. The van der Waals surface area contributed by atoms with Crippen molar-refractivity contribution >= 4 is 23.5 Å². The summed E-state index contributed by atoms with van der Waals surface area (Å²) in [6, 6.07) is 0. The van der Waals surface area contributed by atoms with Crippen LogP contribution >= 0.6 is 11.8 Å². The number of carbonyl (C=O) groups is 2. The van der Waals surface area contributed by atoms with E-state index in [2.05, 4.69) is 4.90 Å². The molecule has 1 aliphatic rings. The maximum atomic E-state index is 11.6. The van der Waals surface area contributed by atoms with Crippen molar-refractivity contribution in [3.8, 4) is 0 Å². The molecule has 0 bridgehead atoms. The van der Waals surface area contributed by atoms with Gasteiger partial charge in [0.15, 0.2) is 11.0 Å². The lowest BCUT2D eigenvalue weighted by atomic mass is 10.2. The number of hydrogen-bond donors (Lipinski definition) is 0. The summed E-state index contributed by atoms with van der Waals surface area (Å²) in [5, 5.41) is -0.646. The van der Waals surface area contributed by atoms with Crippen molar-refractivity contribution in [1.82, 2.24) is 4.90 Å². The zero-order valence-corrected chi connectivity index (χ0v) is 12.8. The van der Waals surface area contributed by atoms with Gasteiger partial charge in [-0.1, -0.05) is 12.8 Å².